The molecule has 0 heterocycles. The number of carbonyl (C=O) groups is 2. The van der Waals surface area contributed by atoms with Crippen LogP contribution in [0.5, 0.6) is 0 Å². The van der Waals surface area contributed by atoms with E-state index in [9.17, 15) is 18.0 Å². The number of hydrogen-bond donors (Lipinski definition) is 1. The van der Waals surface area contributed by atoms with E-state index < -0.39 is 28.5 Å². The lowest BCUT2D eigenvalue weighted by molar-refractivity contribution is -0.139. The lowest BCUT2D eigenvalue weighted by Gasteiger charge is -2.32. The first-order valence-electron chi connectivity index (χ1n) is 10.5. The van der Waals surface area contributed by atoms with E-state index in [-0.39, 0.29) is 18.5 Å². The van der Waals surface area contributed by atoms with Crippen LogP contribution in [0.4, 0.5) is 5.69 Å². The number of hydrogen-bond acceptors (Lipinski definition) is 4. The van der Waals surface area contributed by atoms with Crippen molar-refractivity contribution in [2.45, 2.75) is 45.8 Å². The summed E-state index contributed by atoms with van der Waals surface area (Å²) in [6.45, 7) is 5.19. The summed E-state index contributed by atoms with van der Waals surface area (Å²) in [7, 11) is -3.74. The Morgan fingerprint density at radius 2 is 1.64 bits per heavy atom. The van der Waals surface area contributed by atoms with Crippen LogP contribution in [-0.2, 0) is 26.2 Å². The van der Waals surface area contributed by atoms with Crippen LogP contribution in [0.2, 0.25) is 5.02 Å². The first kappa shape index (κ1) is 27.4. The highest BCUT2D eigenvalue weighted by Gasteiger charge is 2.30. The van der Waals surface area contributed by atoms with Crippen molar-refractivity contribution >= 4 is 61.7 Å². The van der Waals surface area contributed by atoms with Gasteiger partial charge in [-0.1, -0.05) is 30.7 Å². The summed E-state index contributed by atoms with van der Waals surface area (Å²) in [6.07, 6.45) is 1.80. The van der Waals surface area contributed by atoms with Crippen LogP contribution in [0, 0.1) is 3.57 Å². The molecule has 0 spiro atoms. The molecule has 0 fully saturated rings. The van der Waals surface area contributed by atoms with Crippen molar-refractivity contribution in [3.8, 4) is 0 Å². The zero-order valence-electron chi connectivity index (χ0n) is 19.1. The summed E-state index contributed by atoms with van der Waals surface area (Å²) < 4.78 is 27.0. The van der Waals surface area contributed by atoms with Gasteiger partial charge in [0.15, 0.2) is 0 Å². The molecule has 33 heavy (non-hydrogen) atoms. The standard InChI is InChI=1S/C23H29ClIN3O4S/c1-5-16(2)26-23(30)17(3)27(14-18-6-8-19(24)9-7-18)22(29)15-28(33(4,31)32)21-12-10-20(25)11-13-21/h6-13,16-17H,5,14-15H2,1-4H3,(H,26,30)/t16-,17+/m0/s1. The molecule has 0 radical (unpaired) electrons. The number of rotatable bonds is 10. The fourth-order valence-corrected chi connectivity index (χ4v) is 4.39. The van der Waals surface area contributed by atoms with Crippen molar-refractivity contribution in [2.75, 3.05) is 17.1 Å². The quantitative estimate of drug-likeness (QED) is 0.414. The Labute approximate surface area is 214 Å². The van der Waals surface area contributed by atoms with E-state index in [1.54, 1.807) is 55.5 Å². The molecule has 0 aliphatic rings. The number of carbonyl (C=O) groups excluding carboxylic acids is 2. The summed E-state index contributed by atoms with van der Waals surface area (Å²) in [5, 5.41) is 3.45. The van der Waals surface area contributed by atoms with E-state index in [1.165, 1.54) is 4.90 Å². The van der Waals surface area contributed by atoms with Gasteiger partial charge in [0.1, 0.15) is 12.6 Å². The zero-order valence-corrected chi connectivity index (χ0v) is 22.8. The Kier molecular flexibility index (Phi) is 9.99. The number of nitrogens with one attached hydrogen (secondary N) is 1. The smallest absolute Gasteiger partial charge is 0.244 e. The number of nitrogens with zero attached hydrogens (tertiary/aromatic N) is 2. The molecule has 2 rings (SSSR count). The van der Waals surface area contributed by atoms with Crippen LogP contribution in [0.15, 0.2) is 48.5 Å². The topological polar surface area (TPSA) is 86.8 Å². The lowest BCUT2D eigenvalue weighted by atomic mass is 10.1. The molecule has 10 heteroatoms. The molecule has 0 bridgehead atoms. The second-order valence-electron chi connectivity index (χ2n) is 7.89. The van der Waals surface area contributed by atoms with Gasteiger partial charge in [0, 0.05) is 21.2 Å². The minimum Gasteiger partial charge on any atom is -0.352 e. The molecule has 1 N–H and O–H groups in total. The van der Waals surface area contributed by atoms with Crippen molar-refractivity contribution in [2.24, 2.45) is 0 Å². The largest absolute Gasteiger partial charge is 0.352 e. The molecule has 0 aliphatic carbocycles. The number of amides is 2. The first-order chi connectivity index (χ1) is 15.4. The van der Waals surface area contributed by atoms with Crippen LogP contribution < -0.4 is 9.62 Å². The normalized spacial score (nSPS) is 13.2. The molecule has 180 valence electrons. The van der Waals surface area contributed by atoms with Gasteiger partial charge in [-0.3, -0.25) is 13.9 Å². The van der Waals surface area contributed by atoms with Crippen molar-refractivity contribution < 1.29 is 18.0 Å². The van der Waals surface area contributed by atoms with Gasteiger partial charge in [0.05, 0.1) is 11.9 Å². The van der Waals surface area contributed by atoms with Crippen LogP contribution in [0.3, 0.4) is 0 Å². The average Bonchev–Trinajstić information content (AvgIpc) is 2.76. The second-order valence-corrected chi connectivity index (χ2v) is 11.5. The zero-order chi connectivity index (χ0) is 24.8. The maximum Gasteiger partial charge on any atom is 0.244 e. The van der Waals surface area contributed by atoms with Crippen LogP contribution >= 0.6 is 34.2 Å². The van der Waals surface area contributed by atoms with Crippen LogP contribution in [-0.4, -0.2) is 50.0 Å². The van der Waals surface area contributed by atoms with Crippen LogP contribution in [0.1, 0.15) is 32.8 Å². The average molecular weight is 606 g/mol. The minimum atomic E-state index is -3.74. The van der Waals surface area contributed by atoms with Crippen LogP contribution in [0.25, 0.3) is 0 Å². The molecule has 0 aliphatic heterocycles. The Hall–Kier alpha value is -1.85. The predicted molar refractivity (Wildman–Crippen MR) is 141 cm³/mol. The SMILES string of the molecule is CC[C@H](C)NC(=O)[C@@H](C)N(Cc1ccc(Cl)cc1)C(=O)CN(c1ccc(I)cc1)S(C)(=O)=O. The number of anilines is 1. The van der Waals surface area contributed by atoms with Crippen molar-refractivity contribution in [3.63, 3.8) is 0 Å². The van der Waals surface area contributed by atoms with Crippen molar-refractivity contribution in [1.82, 2.24) is 10.2 Å². The molecule has 2 aromatic rings. The highest BCUT2D eigenvalue weighted by Crippen LogP contribution is 2.21. The fourth-order valence-electron chi connectivity index (χ4n) is 3.06. The molecular weight excluding hydrogens is 577 g/mol. The third-order valence-electron chi connectivity index (χ3n) is 5.23. The maximum atomic E-state index is 13.4. The van der Waals surface area contributed by atoms with E-state index in [1.807, 2.05) is 13.8 Å². The van der Waals surface area contributed by atoms with Crippen molar-refractivity contribution in [1.29, 1.82) is 0 Å². The Balaban J connectivity index is 2.36. The predicted octanol–water partition coefficient (Wildman–Crippen LogP) is 4.04. The van der Waals surface area contributed by atoms with Gasteiger partial charge >= 0.3 is 0 Å². The maximum absolute atomic E-state index is 13.4. The van der Waals surface area contributed by atoms with Gasteiger partial charge in [-0.05, 0) is 84.8 Å². The van der Waals surface area contributed by atoms with Gasteiger partial charge < -0.3 is 10.2 Å². The molecule has 0 saturated carbocycles. The molecule has 0 saturated heterocycles. The second kappa shape index (κ2) is 12.0. The molecule has 7 nitrogen and oxygen atoms in total. The van der Waals surface area contributed by atoms with Gasteiger partial charge in [-0.25, -0.2) is 8.42 Å². The summed E-state index contributed by atoms with van der Waals surface area (Å²) in [5.41, 5.74) is 1.16. The van der Waals surface area contributed by atoms with E-state index in [2.05, 4.69) is 27.9 Å². The Bertz CT molecular complexity index is 1060. The number of benzene rings is 2. The minimum absolute atomic E-state index is 0.0493. The summed E-state index contributed by atoms with van der Waals surface area (Å²) in [5.74, 6) is -0.785. The fraction of sp³-hybridized carbons (Fsp3) is 0.391. The molecule has 0 aromatic heterocycles. The molecule has 2 atom stereocenters. The van der Waals surface area contributed by atoms with Gasteiger partial charge in [-0.15, -0.1) is 0 Å². The molecule has 2 amide bonds. The molecule has 2 aromatic carbocycles. The number of sulfonamides is 1. The summed E-state index contributed by atoms with van der Waals surface area (Å²) in [6, 6.07) is 12.9. The molecular formula is C23H29ClIN3O4S. The summed E-state index contributed by atoms with van der Waals surface area (Å²) >= 11 is 8.10. The Morgan fingerprint density at radius 1 is 1.06 bits per heavy atom. The van der Waals surface area contributed by atoms with E-state index >= 15 is 0 Å². The van der Waals surface area contributed by atoms with Crippen molar-refractivity contribution in [3.05, 3.63) is 62.7 Å². The lowest BCUT2D eigenvalue weighted by Crippen LogP contribution is -2.52. The summed E-state index contributed by atoms with van der Waals surface area (Å²) in [4.78, 5) is 27.7. The first-order valence-corrected chi connectivity index (χ1v) is 13.8. The highest BCUT2D eigenvalue weighted by atomic mass is 127. The van der Waals surface area contributed by atoms with E-state index in [0.717, 1.165) is 26.1 Å². The third kappa shape index (κ3) is 8.15. The van der Waals surface area contributed by atoms with Gasteiger partial charge in [0.25, 0.3) is 0 Å². The number of halogens is 2. The third-order valence-corrected chi connectivity index (χ3v) is 7.34. The highest BCUT2D eigenvalue weighted by molar-refractivity contribution is 14.1. The van der Waals surface area contributed by atoms with Gasteiger partial charge in [0.2, 0.25) is 21.8 Å². The van der Waals surface area contributed by atoms with Gasteiger partial charge in [-0.2, -0.15) is 0 Å². The monoisotopic (exact) mass is 605 g/mol. The van der Waals surface area contributed by atoms with E-state index in [4.69, 9.17) is 11.6 Å². The van der Waals surface area contributed by atoms with E-state index in [0.29, 0.717) is 10.7 Å². The molecule has 0 unspecified atom stereocenters. The Morgan fingerprint density at radius 3 is 2.15 bits per heavy atom.